The summed E-state index contributed by atoms with van der Waals surface area (Å²) < 4.78 is 34.2. The largest absolute Gasteiger partial charge is 0.467 e. The predicted octanol–water partition coefficient (Wildman–Crippen LogP) is 2.96. The highest BCUT2D eigenvalue weighted by molar-refractivity contribution is 7.86. The Hall–Kier alpha value is -1.89. The van der Waals surface area contributed by atoms with Crippen LogP contribution in [0.4, 0.5) is 0 Å². The Kier molecular flexibility index (Phi) is 5.18. The van der Waals surface area contributed by atoms with Crippen LogP contribution < -0.4 is 0 Å². The molecule has 5 nitrogen and oxygen atoms in total. The highest BCUT2D eigenvalue weighted by Crippen LogP contribution is 2.29. The van der Waals surface area contributed by atoms with Crippen LogP contribution in [0, 0.1) is 0 Å². The number of hydrogen-bond acceptors (Lipinski definition) is 5. The summed E-state index contributed by atoms with van der Waals surface area (Å²) in [4.78, 5) is 11.8. The van der Waals surface area contributed by atoms with Gasteiger partial charge < -0.3 is 4.74 Å². The van der Waals surface area contributed by atoms with E-state index in [1.807, 2.05) is 0 Å². The van der Waals surface area contributed by atoms with Gasteiger partial charge in [-0.05, 0) is 18.2 Å². The van der Waals surface area contributed by atoms with E-state index in [1.165, 1.54) is 24.3 Å². The molecule has 2 aromatic carbocycles. The van der Waals surface area contributed by atoms with Crippen LogP contribution in [0.15, 0.2) is 59.5 Å². The number of carbonyl (C=O) groups is 1. The molecule has 2 aromatic rings. The molecule has 0 spiro atoms. The van der Waals surface area contributed by atoms with Crippen molar-refractivity contribution in [1.82, 2.24) is 0 Å². The second-order valence-corrected chi connectivity index (χ2v) is 6.27. The minimum absolute atomic E-state index is 0.0593. The Morgan fingerprint density at radius 2 is 1.64 bits per heavy atom. The SMILES string of the molecule is COC(=O)[C@@H](OS(=O)(=O)c1ccccc1)c1ccccc1Cl. The monoisotopic (exact) mass is 340 g/mol. The van der Waals surface area contributed by atoms with E-state index in [0.29, 0.717) is 0 Å². The maximum absolute atomic E-state index is 12.3. The molecule has 0 aliphatic carbocycles. The first-order valence-corrected chi connectivity index (χ1v) is 8.05. The number of halogens is 1. The van der Waals surface area contributed by atoms with Crippen molar-refractivity contribution >= 4 is 27.7 Å². The van der Waals surface area contributed by atoms with Crippen molar-refractivity contribution in [3.8, 4) is 0 Å². The predicted molar refractivity (Wildman–Crippen MR) is 80.9 cm³/mol. The van der Waals surface area contributed by atoms with Gasteiger partial charge in [-0.3, -0.25) is 0 Å². The summed E-state index contributed by atoms with van der Waals surface area (Å²) in [7, 11) is -3.00. The van der Waals surface area contributed by atoms with Crippen LogP contribution in [0.3, 0.4) is 0 Å². The molecular weight excluding hydrogens is 328 g/mol. The van der Waals surface area contributed by atoms with Crippen molar-refractivity contribution in [3.05, 3.63) is 65.2 Å². The van der Waals surface area contributed by atoms with Gasteiger partial charge in [-0.2, -0.15) is 8.42 Å². The number of carbonyl (C=O) groups excluding carboxylic acids is 1. The van der Waals surface area contributed by atoms with Crippen LogP contribution in [0.25, 0.3) is 0 Å². The minimum atomic E-state index is -4.14. The summed E-state index contributed by atoms with van der Waals surface area (Å²) in [5.74, 6) is -0.854. The van der Waals surface area contributed by atoms with Gasteiger partial charge in [0.1, 0.15) is 0 Å². The van der Waals surface area contributed by atoms with Crippen LogP contribution in [0.2, 0.25) is 5.02 Å². The fourth-order valence-electron chi connectivity index (χ4n) is 1.78. The van der Waals surface area contributed by atoms with E-state index < -0.39 is 22.2 Å². The third kappa shape index (κ3) is 3.65. The maximum atomic E-state index is 12.3. The van der Waals surface area contributed by atoms with Gasteiger partial charge in [0.15, 0.2) is 0 Å². The van der Waals surface area contributed by atoms with Crippen molar-refractivity contribution in [2.75, 3.05) is 7.11 Å². The summed E-state index contributed by atoms with van der Waals surface area (Å²) in [6.07, 6.45) is -1.47. The molecule has 7 heteroatoms. The van der Waals surface area contributed by atoms with E-state index >= 15 is 0 Å². The third-order valence-corrected chi connectivity index (χ3v) is 4.50. The lowest BCUT2D eigenvalue weighted by atomic mass is 10.1. The molecule has 0 N–H and O–H groups in total. The van der Waals surface area contributed by atoms with Gasteiger partial charge in [-0.15, -0.1) is 0 Å². The van der Waals surface area contributed by atoms with Crippen LogP contribution in [0.5, 0.6) is 0 Å². The van der Waals surface area contributed by atoms with Gasteiger partial charge in [0, 0.05) is 10.6 Å². The lowest BCUT2D eigenvalue weighted by Gasteiger charge is -2.16. The number of benzene rings is 2. The number of hydrogen-bond donors (Lipinski definition) is 0. The Morgan fingerprint density at radius 3 is 2.23 bits per heavy atom. The van der Waals surface area contributed by atoms with Crippen LogP contribution in [0.1, 0.15) is 11.7 Å². The lowest BCUT2D eigenvalue weighted by Crippen LogP contribution is -2.21. The standard InChI is InChI=1S/C15H13ClO5S/c1-20-15(17)14(12-9-5-6-10-13(12)16)21-22(18,19)11-7-3-2-4-8-11/h2-10,14H,1H3/t14-/m0/s1. The molecule has 116 valence electrons. The summed E-state index contributed by atoms with van der Waals surface area (Å²) in [6.45, 7) is 0. The smallest absolute Gasteiger partial charge is 0.341 e. The van der Waals surface area contributed by atoms with E-state index in [0.717, 1.165) is 7.11 Å². The molecule has 0 unspecified atom stereocenters. The number of esters is 1. The fraction of sp³-hybridized carbons (Fsp3) is 0.133. The third-order valence-electron chi connectivity index (χ3n) is 2.86. The van der Waals surface area contributed by atoms with Crippen molar-refractivity contribution < 1.29 is 22.1 Å². The van der Waals surface area contributed by atoms with E-state index in [-0.39, 0.29) is 15.5 Å². The van der Waals surface area contributed by atoms with Gasteiger partial charge in [0.25, 0.3) is 10.1 Å². The van der Waals surface area contributed by atoms with Gasteiger partial charge >= 0.3 is 5.97 Å². The Bertz CT molecular complexity index is 759. The second-order valence-electron chi connectivity index (χ2n) is 4.29. The quantitative estimate of drug-likeness (QED) is 0.618. The molecule has 1 atom stereocenters. The summed E-state index contributed by atoms with van der Waals surface area (Å²) in [5, 5.41) is 0.209. The van der Waals surface area contributed by atoms with Crippen molar-refractivity contribution in [2.45, 2.75) is 11.0 Å². The van der Waals surface area contributed by atoms with E-state index in [1.54, 1.807) is 30.3 Å². The summed E-state index contributed by atoms with van der Waals surface area (Å²) >= 11 is 6.01. The van der Waals surface area contributed by atoms with Crippen LogP contribution in [-0.4, -0.2) is 21.5 Å². The van der Waals surface area contributed by atoms with Gasteiger partial charge in [0.05, 0.1) is 12.0 Å². The topological polar surface area (TPSA) is 69.7 Å². The molecule has 2 rings (SSSR count). The van der Waals surface area contributed by atoms with Gasteiger partial charge in [-0.1, -0.05) is 48.0 Å². The molecule has 0 radical (unpaired) electrons. The molecule has 22 heavy (non-hydrogen) atoms. The number of rotatable bonds is 5. The van der Waals surface area contributed by atoms with Gasteiger partial charge in [-0.25, -0.2) is 8.98 Å². The van der Waals surface area contributed by atoms with Crippen LogP contribution >= 0.6 is 11.6 Å². The number of ether oxygens (including phenoxy) is 1. The summed E-state index contributed by atoms with van der Waals surface area (Å²) in [6, 6.07) is 13.8. The minimum Gasteiger partial charge on any atom is -0.467 e. The first kappa shape index (κ1) is 16.5. The highest BCUT2D eigenvalue weighted by atomic mass is 35.5. The van der Waals surface area contributed by atoms with Crippen molar-refractivity contribution in [1.29, 1.82) is 0 Å². The lowest BCUT2D eigenvalue weighted by molar-refractivity contribution is -0.149. The van der Waals surface area contributed by atoms with Crippen LogP contribution in [-0.2, 0) is 23.8 Å². The summed E-state index contributed by atoms with van der Waals surface area (Å²) in [5.41, 5.74) is 0.218. The van der Waals surface area contributed by atoms with E-state index in [2.05, 4.69) is 4.74 Å². The molecule has 0 heterocycles. The van der Waals surface area contributed by atoms with Crippen molar-refractivity contribution in [3.63, 3.8) is 0 Å². The number of methoxy groups -OCH3 is 1. The Morgan fingerprint density at radius 1 is 1.05 bits per heavy atom. The molecule has 0 aromatic heterocycles. The zero-order valence-electron chi connectivity index (χ0n) is 11.6. The Balaban J connectivity index is 2.41. The molecule has 0 bridgehead atoms. The average Bonchev–Trinajstić information content (AvgIpc) is 2.53. The molecule has 0 fully saturated rings. The van der Waals surface area contributed by atoms with Crippen molar-refractivity contribution in [2.24, 2.45) is 0 Å². The molecular formula is C15H13ClO5S. The highest BCUT2D eigenvalue weighted by Gasteiger charge is 2.31. The molecule has 0 aliphatic rings. The Labute approximate surface area is 133 Å². The zero-order valence-corrected chi connectivity index (χ0v) is 13.2. The first-order chi connectivity index (χ1) is 10.5. The molecule has 0 amide bonds. The average molecular weight is 341 g/mol. The van der Waals surface area contributed by atoms with E-state index in [4.69, 9.17) is 15.8 Å². The second kappa shape index (κ2) is 6.91. The zero-order chi connectivity index (χ0) is 16.2. The normalized spacial score (nSPS) is 12.6. The first-order valence-electron chi connectivity index (χ1n) is 6.26. The molecule has 0 saturated carbocycles. The van der Waals surface area contributed by atoms with E-state index in [9.17, 15) is 13.2 Å². The molecule has 0 saturated heterocycles. The van der Waals surface area contributed by atoms with Gasteiger partial charge in [0.2, 0.25) is 6.10 Å². The molecule has 0 aliphatic heterocycles. The fourth-order valence-corrected chi connectivity index (χ4v) is 3.05. The maximum Gasteiger partial charge on any atom is 0.341 e.